The molecule has 0 unspecified atom stereocenters. The lowest BCUT2D eigenvalue weighted by Crippen LogP contribution is -2.41. The molecule has 2 aromatic carbocycles. The van der Waals surface area contributed by atoms with Crippen molar-refractivity contribution in [2.24, 2.45) is 5.92 Å². The number of methoxy groups -OCH3 is 1. The minimum atomic E-state index is -0.286. The second-order valence-electron chi connectivity index (χ2n) is 7.66. The van der Waals surface area contributed by atoms with E-state index in [4.69, 9.17) is 9.15 Å². The number of nitrogens with one attached hydrogen (secondary N) is 1. The Balaban J connectivity index is 1.31. The first-order valence-electron chi connectivity index (χ1n) is 10.3. The van der Waals surface area contributed by atoms with E-state index in [1.165, 1.54) is 12.1 Å². The van der Waals surface area contributed by atoms with Crippen LogP contribution in [0.4, 0.5) is 10.4 Å². The van der Waals surface area contributed by atoms with Crippen molar-refractivity contribution in [3.63, 3.8) is 0 Å². The van der Waals surface area contributed by atoms with Gasteiger partial charge in [0.1, 0.15) is 11.6 Å². The Morgan fingerprint density at radius 2 is 1.81 bits per heavy atom. The Hall–Kier alpha value is -3.42. The fraction of sp³-hybridized carbons (Fsp3) is 0.348. The maximum atomic E-state index is 13.1. The number of carbonyl (C=O) groups is 1. The first kappa shape index (κ1) is 20.8. The molecule has 1 N–H and O–H groups in total. The third kappa shape index (κ3) is 4.84. The number of halogens is 1. The van der Waals surface area contributed by atoms with Gasteiger partial charge in [-0.3, -0.25) is 4.79 Å². The number of hydrogen-bond acceptors (Lipinski definition) is 6. The normalized spacial score (nSPS) is 15.5. The van der Waals surface area contributed by atoms with E-state index in [0.717, 1.165) is 16.9 Å². The molecule has 0 spiro atoms. The number of amides is 1. The van der Waals surface area contributed by atoms with Crippen LogP contribution in [0.15, 0.2) is 52.9 Å². The summed E-state index contributed by atoms with van der Waals surface area (Å²) in [5.41, 5.74) is 1.70. The van der Waals surface area contributed by atoms with E-state index >= 15 is 0 Å². The third-order valence-electron chi connectivity index (χ3n) is 5.62. The van der Waals surface area contributed by atoms with E-state index in [1.807, 2.05) is 36.1 Å². The minimum absolute atomic E-state index is 0.0147. The number of aromatic nitrogens is 2. The molecule has 1 saturated heterocycles. The van der Waals surface area contributed by atoms with E-state index in [0.29, 0.717) is 37.8 Å². The van der Waals surface area contributed by atoms with Crippen LogP contribution >= 0.6 is 0 Å². The summed E-state index contributed by atoms with van der Waals surface area (Å²) in [6.45, 7) is 3.22. The predicted molar refractivity (Wildman–Crippen MR) is 114 cm³/mol. The fourth-order valence-electron chi connectivity index (χ4n) is 3.69. The van der Waals surface area contributed by atoms with Gasteiger partial charge in [-0.15, -0.1) is 5.10 Å². The number of piperidine rings is 1. The number of anilines is 1. The Morgan fingerprint density at radius 1 is 1.13 bits per heavy atom. The minimum Gasteiger partial charge on any atom is -0.497 e. The summed E-state index contributed by atoms with van der Waals surface area (Å²) in [5, 5.41) is 11.3. The number of rotatable bonds is 6. The Bertz CT molecular complexity index is 1010. The van der Waals surface area contributed by atoms with Crippen molar-refractivity contribution in [3.8, 4) is 17.2 Å². The van der Waals surface area contributed by atoms with Crippen LogP contribution in [0, 0.1) is 11.7 Å². The number of ether oxygens (including phenoxy) is 1. The molecule has 4 rings (SSSR count). The van der Waals surface area contributed by atoms with Crippen LogP contribution in [-0.2, 0) is 4.79 Å². The quantitative estimate of drug-likeness (QED) is 0.645. The van der Waals surface area contributed by atoms with Crippen molar-refractivity contribution in [1.82, 2.24) is 15.5 Å². The molecule has 1 aliphatic rings. The molecular weight excluding hydrogens is 399 g/mol. The average Bonchev–Trinajstić information content (AvgIpc) is 3.30. The molecular formula is C23H25FN4O3. The molecule has 0 bridgehead atoms. The highest BCUT2D eigenvalue weighted by molar-refractivity contribution is 5.79. The monoisotopic (exact) mass is 424 g/mol. The molecule has 0 saturated carbocycles. The Kier molecular flexibility index (Phi) is 6.16. The van der Waals surface area contributed by atoms with Crippen LogP contribution in [0.2, 0.25) is 0 Å². The molecule has 0 radical (unpaired) electrons. The van der Waals surface area contributed by atoms with Gasteiger partial charge in [-0.1, -0.05) is 17.2 Å². The van der Waals surface area contributed by atoms with E-state index < -0.39 is 0 Å². The van der Waals surface area contributed by atoms with Crippen LogP contribution in [0.1, 0.15) is 31.4 Å². The molecule has 3 aromatic rings. The SMILES string of the molecule is COc1ccc(-c2nnc(N3CCC(C(=O)N[C@@H](C)c4ccc(F)cc4)CC3)o2)cc1. The standard InChI is InChI=1S/C23H25FN4O3/c1-15(16-3-7-19(24)8-4-16)25-21(29)17-11-13-28(14-12-17)23-27-26-22(31-23)18-5-9-20(30-2)10-6-18/h3-10,15,17H,11-14H2,1-2H3,(H,25,29)/t15-/m0/s1. The molecule has 8 heteroatoms. The second-order valence-corrected chi connectivity index (χ2v) is 7.66. The maximum absolute atomic E-state index is 13.1. The molecule has 1 aliphatic heterocycles. The van der Waals surface area contributed by atoms with Gasteiger partial charge in [-0.2, -0.15) is 0 Å². The third-order valence-corrected chi connectivity index (χ3v) is 5.62. The van der Waals surface area contributed by atoms with E-state index in [1.54, 1.807) is 19.2 Å². The topological polar surface area (TPSA) is 80.5 Å². The van der Waals surface area contributed by atoms with Gasteiger partial charge in [-0.05, 0) is 61.7 Å². The lowest BCUT2D eigenvalue weighted by Gasteiger charge is -2.30. The molecule has 2 heterocycles. The first-order valence-corrected chi connectivity index (χ1v) is 10.3. The molecule has 1 atom stereocenters. The van der Waals surface area contributed by atoms with Gasteiger partial charge in [0.15, 0.2) is 0 Å². The lowest BCUT2D eigenvalue weighted by molar-refractivity contribution is -0.126. The smallest absolute Gasteiger partial charge is 0.318 e. The summed E-state index contributed by atoms with van der Waals surface area (Å²) < 4.78 is 24.1. The summed E-state index contributed by atoms with van der Waals surface area (Å²) in [6, 6.07) is 13.9. The molecule has 1 aromatic heterocycles. The van der Waals surface area contributed by atoms with Gasteiger partial charge < -0.3 is 19.4 Å². The second kappa shape index (κ2) is 9.16. The number of benzene rings is 2. The van der Waals surface area contributed by atoms with Crippen LogP contribution in [0.5, 0.6) is 5.75 Å². The van der Waals surface area contributed by atoms with Gasteiger partial charge in [-0.25, -0.2) is 4.39 Å². The molecule has 31 heavy (non-hydrogen) atoms. The number of carbonyl (C=O) groups excluding carboxylic acids is 1. The Labute approximate surface area is 180 Å². The predicted octanol–water partition coefficient (Wildman–Crippen LogP) is 3.98. The van der Waals surface area contributed by atoms with Crippen molar-refractivity contribution in [2.45, 2.75) is 25.8 Å². The molecule has 0 aliphatic carbocycles. The average molecular weight is 424 g/mol. The number of nitrogens with zero attached hydrogens (tertiary/aromatic N) is 3. The molecule has 162 valence electrons. The fourth-order valence-corrected chi connectivity index (χ4v) is 3.69. The summed E-state index contributed by atoms with van der Waals surface area (Å²) in [6.07, 6.45) is 1.39. The van der Waals surface area contributed by atoms with E-state index in [9.17, 15) is 9.18 Å². The molecule has 1 amide bonds. The highest BCUT2D eigenvalue weighted by Gasteiger charge is 2.28. The lowest BCUT2D eigenvalue weighted by atomic mass is 9.95. The highest BCUT2D eigenvalue weighted by Crippen LogP contribution is 2.27. The zero-order chi connectivity index (χ0) is 21.8. The molecule has 7 nitrogen and oxygen atoms in total. The van der Waals surface area contributed by atoms with Crippen molar-refractivity contribution < 1.29 is 18.3 Å². The summed E-state index contributed by atoms with van der Waals surface area (Å²) in [4.78, 5) is 14.7. The van der Waals surface area contributed by atoms with Crippen molar-refractivity contribution in [3.05, 3.63) is 59.9 Å². The van der Waals surface area contributed by atoms with E-state index in [-0.39, 0.29) is 23.7 Å². The first-order chi connectivity index (χ1) is 15.0. The number of hydrogen-bond donors (Lipinski definition) is 1. The van der Waals surface area contributed by atoms with Gasteiger partial charge in [0.2, 0.25) is 11.8 Å². The van der Waals surface area contributed by atoms with E-state index in [2.05, 4.69) is 15.5 Å². The van der Waals surface area contributed by atoms with Gasteiger partial charge in [0, 0.05) is 24.6 Å². The zero-order valence-corrected chi connectivity index (χ0v) is 17.5. The van der Waals surface area contributed by atoms with Crippen LogP contribution in [0.25, 0.3) is 11.5 Å². The highest BCUT2D eigenvalue weighted by atomic mass is 19.1. The van der Waals surface area contributed by atoms with Crippen LogP contribution < -0.4 is 15.0 Å². The van der Waals surface area contributed by atoms with Crippen molar-refractivity contribution in [2.75, 3.05) is 25.1 Å². The summed E-state index contributed by atoms with van der Waals surface area (Å²) in [7, 11) is 1.62. The molecule has 1 fully saturated rings. The van der Waals surface area contributed by atoms with Crippen LogP contribution in [-0.4, -0.2) is 36.3 Å². The largest absolute Gasteiger partial charge is 0.497 e. The van der Waals surface area contributed by atoms with Gasteiger partial charge in [0.25, 0.3) is 0 Å². The zero-order valence-electron chi connectivity index (χ0n) is 17.5. The summed E-state index contributed by atoms with van der Waals surface area (Å²) in [5.74, 6) is 0.859. The van der Waals surface area contributed by atoms with Gasteiger partial charge in [0.05, 0.1) is 13.2 Å². The van der Waals surface area contributed by atoms with Crippen molar-refractivity contribution >= 4 is 11.9 Å². The van der Waals surface area contributed by atoms with Crippen molar-refractivity contribution in [1.29, 1.82) is 0 Å². The maximum Gasteiger partial charge on any atom is 0.318 e. The summed E-state index contributed by atoms with van der Waals surface area (Å²) >= 11 is 0. The Morgan fingerprint density at radius 3 is 2.45 bits per heavy atom. The van der Waals surface area contributed by atoms with Gasteiger partial charge >= 0.3 is 6.01 Å². The van der Waals surface area contributed by atoms with Crippen LogP contribution in [0.3, 0.4) is 0 Å².